The number of aryl methyl sites for hydroxylation is 1. The molecule has 0 saturated heterocycles. The van der Waals surface area contributed by atoms with Crippen molar-refractivity contribution in [3.63, 3.8) is 0 Å². The number of benzene rings is 1. The van der Waals surface area contributed by atoms with E-state index in [9.17, 15) is 14.4 Å². The monoisotopic (exact) mass is 309 g/mol. The summed E-state index contributed by atoms with van der Waals surface area (Å²) in [6.45, 7) is 3.55. The lowest BCUT2D eigenvalue weighted by Crippen LogP contribution is -2.30. The maximum atomic E-state index is 12.7. The van der Waals surface area contributed by atoms with Gasteiger partial charge in [-0.1, -0.05) is 13.0 Å². The van der Waals surface area contributed by atoms with Crippen LogP contribution < -0.4 is 11.2 Å². The normalized spacial score (nSPS) is 10.7. The van der Waals surface area contributed by atoms with Crippen molar-refractivity contribution in [2.24, 2.45) is 0 Å². The summed E-state index contributed by atoms with van der Waals surface area (Å²) in [4.78, 5) is 40.5. The molecule has 0 aliphatic rings. The molecule has 0 fully saturated rings. The molecule has 2 N–H and O–H groups in total. The van der Waals surface area contributed by atoms with Gasteiger partial charge in [0.15, 0.2) is 0 Å². The van der Waals surface area contributed by atoms with E-state index in [1.54, 1.807) is 25.1 Å². The fraction of sp³-hybridized carbons (Fsp3) is 0.176. The lowest BCUT2D eigenvalue weighted by atomic mass is 9.99. The Morgan fingerprint density at radius 2 is 2.00 bits per heavy atom. The van der Waals surface area contributed by atoms with Crippen LogP contribution in [0.4, 0.5) is 0 Å². The molecule has 0 unspecified atom stereocenters. The van der Waals surface area contributed by atoms with Crippen molar-refractivity contribution in [2.45, 2.75) is 20.3 Å². The van der Waals surface area contributed by atoms with Crippen LogP contribution in [0.1, 0.15) is 39.7 Å². The average molecular weight is 309 g/mol. The first-order valence-electron chi connectivity index (χ1n) is 7.04. The van der Waals surface area contributed by atoms with E-state index in [-0.39, 0.29) is 11.3 Å². The van der Waals surface area contributed by atoms with Gasteiger partial charge in [0.05, 0.1) is 11.8 Å². The van der Waals surface area contributed by atoms with Crippen molar-refractivity contribution in [1.29, 1.82) is 5.26 Å². The summed E-state index contributed by atoms with van der Waals surface area (Å²) in [5, 5.41) is 8.60. The van der Waals surface area contributed by atoms with Crippen LogP contribution in [0.5, 0.6) is 0 Å². The first kappa shape index (κ1) is 16.2. The topological polar surface area (TPSA) is 107 Å². The molecule has 0 aliphatic heterocycles. The number of aromatic nitrogens is 2. The van der Waals surface area contributed by atoms with Crippen LogP contribution in [0.15, 0.2) is 33.9 Å². The number of carbonyl (C=O) groups excluding carboxylic acids is 1. The number of carbonyl (C=O) groups is 1. The molecule has 6 nitrogen and oxygen atoms in total. The largest absolute Gasteiger partial charge is 0.326 e. The fourth-order valence-corrected chi connectivity index (χ4v) is 2.36. The molecule has 23 heavy (non-hydrogen) atoms. The van der Waals surface area contributed by atoms with E-state index in [1.165, 1.54) is 6.08 Å². The molecule has 2 aromatic rings. The van der Waals surface area contributed by atoms with Crippen LogP contribution in [0.2, 0.25) is 0 Å². The smallest absolute Gasteiger partial charge is 0.304 e. The van der Waals surface area contributed by atoms with Crippen LogP contribution in [0.25, 0.3) is 6.08 Å². The molecule has 116 valence electrons. The van der Waals surface area contributed by atoms with Gasteiger partial charge in [-0.25, -0.2) is 4.79 Å². The number of aromatic amines is 2. The number of hydrogen-bond donors (Lipinski definition) is 2. The second-order valence-corrected chi connectivity index (χ2v) is 5.04. The standard InChI is InChI=1S/C17H15N3O3/c1-3-13-14(19-17(23)20-16(13)22)15(21)12-8-10(2)7-11(9-12)5-4-6-18/h4-5,7-9H,3H2,1-2H3,(H2,19,20,22,23). The van der Waals surface area contributed by atoms with E-state index in [2.05, 4.69) is 9.97 Å². The summed E-state index contributed by atoms with van der Waals surface area (Å²) >= 11 is 0. The van der Waals surface area contributed by atoms with Crippen LogP contribution in [-0.2, 0) is 6.42 Å². The summed E-state index contributed by atoms with van der Waals surface area (Å²) in [5.74, 6) is -0.430. The quantitative estimate of drug-likeness (QED) is 0.662. The number of ketones is 1. The van der Waals surface area contributed by atoms with E-state index < -0.39 is 17.0 Å². The van der Waals surface area contributed by atoms with E-state index in [0.29, 0.717) is 17.5 Å². The average Bonchev–Trinajstić information content (AvgIpc) is 2.51. The van der Waals surface area contributed by atoms with Crippen LogP contribution >= 0.6 is 0 Å². The van der Waals surface area contributed by atoms with Gasteiger partial charge in [-0.15, -0.1) is 0 Å². The van der Waals surface area contributed by atoms with Gasteiger partial charge in [0.1, 0.15) is 0 Å². The second kappa shape index (κ2) is 6.71. The Hall–Kier alpha value is -3.20. The molecule has 1 aromatic heterocycles. The highest BCUT2D eigenvalue weighted by molar-refractivity contribution is 6.08. The predicted octanol–water partition coefficient (Wildman–Crippen LogP) is 1.70. The maximum absolute atomic E-state index is 12.7. The first-order chi connectivity index (χ1) is 11.0. The Balaban J connectivity index is 2.60. The number of hydrogen-bond acceptors (Lipinski definition) is 4. The molecule has 1 heterocycles. The van der Waals surface area contributed by atoms with Gasteiger partial charge in [-0.3, -0.25) is 14.6 Å². The Morgan fingerprint density at radius 3 is 2.65 bits per heavy atom. The lowest BCUT2D eigenvalue weighted by molar-refractivity contribution is 0.103. The van der Waals surface area contributed by atoms with E-state index in [4.69, 9.17) is 5.26 Å². The summed E-state index contributed by atoms with van der Waals surface area (Å²) < 4.78 is 0. The number of allylic oxidation sites excluding steroid dienone is 1. The third-order valence-electron chi connectivity index (χ3n) is 3.33. The molecule has 1 aromatic carbocycles. The Bertz CT molecular complexity index is 943. The van der Waals surface area contributed by atoms with Crippen molar-refractivity contribution in [3.8, 4) is 6.07 Å². The zero-order valence-corrected chi connectivity index (χ0v) is 12.8. The second-order valence-electron chi connectivity index (χ2n) is 5.04. The molecule has 0 amide bonds. The summed E-state index contributed by atoms with van der Waals surface area (Å²) in [7, 11) is 0. The molecular formula is C17H15N3O3. The zero-order valence-electron chi connectivity index (χ0n) is 12.8. The summed E-state index contributed by atoms with van der Waals surface area (Å²) in [6.07, 6.45) is 3.22. The number of nitrogens with zero attached hydrogens (tertiary/aromatic N) is 1. The molecule has 0 aliphatic carbocycles. The zero-order chi connectivity index (χ0) is 17.0. The van der Waals surface area contributed by atoms with E-state index >= 15 is 0 Å². The summed E-state index contributed by atoms with van der Waals surface area (Å²) in [6, 6.07) is 7.00. The minimum atomic E-state index is -0.715. The molecular weight excluding hydrogens is 294 g/mol. The van der Waals surface area contributed by atoms with Crippen molar-refractivity contribution < 1.29 is 4.79 Å². The molecule has 0 atom stereocenters. The summed E-state index contributed by atoms with van der Waals surface area (Å²) in [5.41, 5.74) is 0.842. The van der Waals surface area contributed by atoms with Crippen molar-refractivity contribution in [2.75, 3.05) is 0 Å². The van der Waals surface area contributed by atoms with Gasteiger partial charge in [-0.2, -0.15) is 5.26 Å². The molecule has 2 rings (SSSR count). The Morgan fingerprint density at radius 1 is 1.26 bits per heavy atom. The third-order valence-corrected chi connectivity index (χ3v) is 3.33. The first-order valence-corrected chi connectivity index (χ1v) is 7.04. The van der Waals surface area contributed by atoms with Crippen molar-refractivity contribution in [3.05, 3.63) is 73.1 Å². The highest BCUT2D eigenvalue weighted by Gasteiger charge is 2.17. The third kappa shape index (κ3) is 3.52. The van der Waals surface area contributed by atoms with Gasteiger partial charge in [-0.05, 0) is 42.7 Å². The minimum Gasteiger partial charge on any atom is -0.304 e. The van der Waals surface area contributed by atoms with Gasteiger partial charge in [0.25, 0.3) is 5.56 Å². The van der Waals surface area contributed by atoms with Crippen molar-refractivity contribution >= 4 is 11.9 Å². The number of nitriles is 1. The number of nitrogens with one attached hydrogen (secondary N) is 2. The molecule has 0 bridgehead atoms. The molecule has 0 radical (unpaired) electrons. The van der Waals surface area contributed by atoms with Crippen LogP contribution in [0, 0.1) is 18.3 Å². The highest BCUT2D eigenvalue weighted by Crippen LogP contribution is 2.15. The minimum absolute atomic E-state index is 0.00191. The number of H-pyrrole nitrogens is 2. The number of rotatable bonds is 4. The van der Waals surface area contributed by atoms with E-state index in [1.807, 2.05) is 19.1 Å². The maximum Gasteiger partial charge on any atom is 0.326 e. The van der Waals surface area contributed by atoms with E-state index in [0.717, 1.165) is 5.56 Å². The Labute approximate surface area is 132 Å². The Kier molecular flexibility index (Phi) is 4.72. The van der Waals surface area contributed by atoms with Gasteiger partial charge >= 0.3 is 5.69 Å². The van der Waals surface area contributed by atoms with Crippen LogP contribution in [-0.4, -0.2) is 15.8 Å². The fourth-order valence-electron chi connectivity index (χ4n) is 2.36. The lowest BCUT2D eigenvalue weighted by Gasteiger charge is -2.07. The van der Waals surface area contributed by atoms with Crippen molar-refractivity contribution in [1.82, 2.24) is 9.97 Å². The molecule has 6 heteroatoms. The predicted molar refractivity (Wildman–Crippen MR) is 86.3 cm³/mol. The van der Waals surface area contributed by atoms with Gasteiger partial charge < -0.3 is 4.98 Å². The van der Waals surface area contributed by atoms with Gasteiger partial charge in [0, 0.05) is 17.2 Å². The SMILES string of the molecule is CCc1c(C(=O)c2cc(C)cc(C=CC#N)c2)[nH]c(=O)[nH]c1=O. The van der Waals surface area contributed by atoms with Crippen LogP contribution in [0.3, 0.4) is 0 Å². The van der Waals surface area contributed by atoms with Gasteiger partial charge in [0.2, 0.25) is 5.78 Å². The highest BCUT2D eigenvalue weighted by atomic mass is 16.2. The molecule has 0 spiro atoms. The molecule has 0 saturated carbocycles.